The van der Waals surface area contributed by atoms with Crippen LogP contribution in [0.25, 0.3) is 22.5 Å². The molecule has 16 heteroatoms. The molecule has 2 aliphatic rings. The third-order valence-electron chi connectivity index (χ3n) is 11.8. The molecule has 0 saturated carbocycles. The molecule has 2 aliphatic heterocycles. The van der Waals surface area contributed by atoms with E-state index in [2.05, 4.69) is 42.4 Å². The van der Waals surface area contributed by atoms with Gasteiger partial charge in [0.1, 0.15) is 23.7 Å². The van der Waals surface area contributed by atoms with E-state index in [4.69, 9.17) is 9.47 Å². The summed E-state index contributed by atoms with van der Waals surface area (Å²) in [5.74, 6) is 7.03. The van der Waals surface area contributed by atoms with E-state index in [-0.39, 0.29) is 41.6 Å². The lowest BCUT2D eigenvalue weighted by Crippen LogP contribution is -2.51. The molecular weight excluding hydrogens is 803 g/mol. The van der Waals surface area contributed by atoms with Gasteiger partial charge in [0.25, 0.3) is 5.91 Å². The standard InChI is InChI=1S/C47H59N9O7/c1-9-54(10-2)43(57)34-25-33(36-27-49-42(51-36)38-14-12-24-56(38)45(59)40(29(5)6)53-47(61)63-8)22-21-31(34)18-15-30-16-19-32(20-17-30)35-26-48-41(50-35)37-13-11-23-55(37)44(58)39(28(3)4)52-46(60)62-7/h16-17,19-22,25-29,37-40H,9-14,23-24H2,1-8H3,(H,48,50)(H,49,51)(H,52,60)(H,53,61)/t37-,38-,39-,40-/m0/s1. The molecule has 334 valence electrons. The largest absolute Gasteiger partial charge is 0.453 e. The molecule has 5 amide bonds. The summed E-state index contributed by atoms with van der Waals surface area (Å²) in [6.45, 7) is 13.6. The molecule has 2 fully saturated rings. The van der Waals surface area contributed by atoms with Crippen molar-refractivity contribution in [2.24, 2.45) is 11.8 Å². The van der Waals surface area contributed by atoms with E-state index >= 15 is 0 Å². The van der Waals surface area contributed by atoms with Crippen LogP contribution >= 0.6 is 0 Å². The highest BCUT2D eigenvalue weighted by Crippen LogP contribution is 2.34. The molecule has 4 aromatic rings. The fraction of sp³-hybridized carbons (Fsp3) is 0.468. The predicted octanol–water partition coefficient (Wildman–Crippen LogP) is 6.44. The van der Waals surface area contributed by atoms with Crippen LogP contribution in [0, 0.1) is 23.7 Å². The molecule has 0 unspecified atom stereocenters. The molecule has 0 bridgehead atoms. The number of alkyl carbamates (subject to hydrolysis) is 2. The minimum Gasteiger partial charge on any atom is -0.453 e. The van der Waals surface area contributed by atoms with E-state index in [1.54, 1.807) is 27.1 Å². The number of H-pyrrole nitrogens is 2. The zero-order valence-corrected chi connectivity index (χ0v) is 37.4. The van der Waals surface area contributed by atoms with Crippen molar-refractivity contribution in [3.05, 3.63) is 83.2 Å². The molecule has 63 heavy (non-hydrogen) atoms. The second-order valence-electron chi connectivity index (χ2n) is 16.5. The quantitative estimate of drug-likeness (QED) is 0.110. The monoisotopic (exact) mass is 861 g/mol. The Morgan fingerprint density at radius 3 is 1.67 bits per heavy atom. The van der Waals surface area contributed by atoms with Crippen molar-refractivity contribution < 1.29 is 33.4 Å². The average Bonchev–Trinajstić information content (AvgIpc) is 4.14. The Morgan fingerprint density at radius 2 is 1.21 bits per heavy atom. The molecule has 0 aliphatic carbocycles. The first-order valence-corrected chi connectivity index (χ1v) is 21.7. The normalized spacial score (nSPS) is 16.9. The van der Waals surface area contributed by atoms with Crippen LogP contribution in [0.15, 0.2) is 54.9 Å². The molecule has 2 saturated heterocycles. The van der Waals surface area contributed by atoms with E-state index in [1.165, 1.54) is 14.2 Å². The predicted molar refractivity (Wildman–Crippen MR) is 237 cm³/mol. The summed E-state index contributed by atoms with van der Waals surface area (Å²) in [4.78, 5) is 86.8. The third-order valence-corrected chi connectivity index (χ3v) is 11.8. The van der Waals surface area contributed by atoms with Gasteiger partial charge in [-0.15, -0.1) is 0 Å². The van der Waals surface area contributed by atoms with Gasteiger partial charge in [0.05, 0.1) is 55.6 Å². The molecule has 4 heterocycles. The van der Waals surface area contributed by atoms with E-state index in [9.17, 15) is 24.0 Å². The number of carbonyl (C=O) groups excluding carboxylic acids is 5. The third kappa shape index (κ3) is 10.4. The van der Waals surface area contributed by atoms with Crippen LogP contribution in [0.4, 0.5) is 9.59 Å². The molecule has 2 aromatic carbocycles. The van der Waals surface area contributed by atoms with Gasteiger partial charge in [-0.3, -0.25) is 14.4 Å². The van der Waals surface area contributed by atoms with Gasteiger partial charge in [0.2, 0.25) is 11.8 Å². The summed E-state index contributed by atoms with van der Waals surface area (Å²) in [5, 5.41) is 5.37. The number of rotatable bonds is 13. The SMILES string of the molecule is CCN(CC)C(=O)c1cc(-c2cnc([C@@H]3CCCN3C(=O)[C@@H](NC(=O)OC)C(C)C)[nH]2)ccc1C#Cc1ccc(-c2cnc([C@@H]3CCCN3C(=O)[C@@H](NC(=O)OC)C(C)C)[nH]2)cc1. The molecule has 0 radical (unpaired) electrons. The highest BCUT2D eigenvalue weighted by molar-refractivity contribution is 5.98. The number of benzene rings is 2. The number of imidazole rings is 2. The summed E-state index contributed by atoms with van der Waals surface area (Å²) >= 11 is 0. The van der Waals surface area contributed by atoms with Crippen molar-refractivity contribution in [3.63, 3.8) is 0 Å². The van der Waals surface area contributed by atoms with Gasteiger partial charge in [-0.05, 0) is 81.2 Å². The Balaban J connectivity index is 1.20. The number of nitrogens with one attached hydrogen (secondary N) is 4. The van der Waals surface area contributed by atoms with E-state index in [0.717, 1.165) is 41.6 Å². The first-order valence-electron chi connectivity index (χ1n) is 21.7. The van der Waals surface area contributed by atoms with Crippen LogP contribution in [-0.4, -0.2) is 117 Å². The molecule has 16 nitrogen and oxygen atoms in total. The second-order valence-corrected chi connectivity index (χ2v) is 16.5. The lowest BCUT2D eigenvalue weighted by atomic mass is 10.0. The zero-order chi connectivity index (χ0) is 45.4. The number of aromatic nitrogens is 4. The van der Waals surface area contributed by atoms with Crippen LogP contribution < -0.4 is 10.6 Å². The Morgan fingerprint density at radius 1 is 0.730 bits per heavy atom. The highest BCUT2D eigenvalue weighted by Gasteiger charge is 2.39. The fourth-order valence-corrected chi connectivity index (χ4v) is 8.24. The van der Waals surface area contributed by atoms with Gasteiger partial charge in [-0.2, -0.15) is 0 Å². The topological polar surface area (TPSA) is 195 Å². The smallest absolute Gasteiger partial charge is 0.407 e. The number of ether oxygens (including phenoxy) is 2. The van der Waals surface area contributed by atoms with Crippen molar-refractivity contribution in [1.82, 2.24) is 45.3 Å². The number of aromatic amines is 2. The molecule has 4 N–H and O–H groups in total. The molecule has 2 aromatic heterocycles. The van der Waals surface area contributed by atoms with E-state index in [0.29, 0.717) is 61.1 Å². The molecule has 0 spiro atoms. The Kier molecular flexibility index (Phi) is 14.9. The lowest BCUT2D eigenvalue weighted by molar-refractivity contribution is -0.136. The maximum Gasteiger partial charge on any atom is 0.407 e. The maximum atomic E-state index is 13.9. The summed E-state index contributed by atoms with van der Waals surface area (Å²) in [7, 11) is 2.55. The number of likely N-dealkylation sites (tertiary alicyclic amines) is 2. The first-order chi connectivity index (χ1) is 30.3. The van der Waals surface area contributed by atoms with Crippen molar-refractivity contribution in [2.45, 2.75) is 91.4 Å². The minimum atomic E-state index is -0.742. The van der Waals surface area contributed by atoms with E-state index in [1.807, 2.05) is 84.0 Å². The Bertz CT molecular complexity index is 2340. The molecule has 4 atom stereocenters. The van der Waals surface area contributed by atoms with Crippen LogP contribution in [0.2, 0.25) is 0 Å². The molecule has 6 rings (SSSR count). The minimum absolute atomic E-state index is 0.130. The average molecular weight is 862 g/mol. The Labute approximate surface area is 368 Å². The van der Waals surface area contributed by atoms with Crippen LogP contribution in [0.1, 0.15) is 112 Å². The van der Waals surface area contributed by atoms with Gasteiger partial charge >= 0.3 is 12.2 Å². The van der Waals surface area contributed by atoms with Crippen LogP contribution in [0.3, 0.4) is 0 Å². The van der Waals surface area contributed by atoms with Crippen molar-refractivity contribution >= 4 is 29.9 Å². The number of hydrogen-bond acceptors (Lipinski definition) is 9. The number of carbonyl (C=O) groups is 5. The van der Waals surface area contributed by atoms with Gasteiger partial charge in [-0.25, -0.2) is 19.6 Å². The number of methoxy groups -OCH3 is 2. The van der Waals surface area contributed by atoms with Gasteiger partial charge in [0.15, 0.2) is 0 Å². The van der Waals surface area contributed by atoms with Gasteiger partial charge < -0.3 is 44.8 Å². The summed E-state index contributed by atoms with van der Waals surface area (Å²) in [6.07, 6.45) is 5.25. The van der Waals surface area contributed by atoms with Crippen molar-refractivity contribution in [2.75, 3.05) is 40.4 Å². The number of hydrogen-bond donors (Lipinski definition) is 4. The first kappa shape index (κ1) is 45.9. The molecular formula is C47H59N9O7. The zero-order valence-electron chi connectivity index (χ0n) is 37.4. The number of nitrogens with zero attached hydrogens (tertiary/aromatic N) is 5. The van der Waals surface area contributed by atoms with Crippen LogP contribution in [0.5, 0.6) is 0 Å². The summed E-state index contributed by atoms with van der Waals surface area (Å²) in [6, 6.07) is 11.3. The maximum absolute atomic E-state index is 13.9. The second kappa shape index (κ2) is 20.5. The van der Waals surface area contributed by atoms with Crippen molar-refractivity contribution in [3.8, 4) is 34.4 Å². The fourth-order valence-electron chi connectivity index (χ4n) is 8.24. The summed E-state index contributed by atoms with van der Waals surface area (Å²) in [5.41, 5.74) is 4.95. The van der Waals surface area contributed by atoms with Crippen molar-refractivity contribution in [1.29, 1.82) is 0 Å². The van der Waals surface area contributed by atoms with Gasteiger partial charge in [-0.1, -0.05) is 57.7 Å². The Hall–Kier alpha value is -6.63. The van der Waals surface area contributed by atoms with E-state index < -0.39 is 24.3 Å². The lowest BCUT2D eigenvalue weighted by Gasteiger charge is -2.30. The van der Waals surface area contributed by atoms with Gasteiger partial charge in [0, 0.05) is 42.9 Å². The van der Waals surface area contributed by atoms with Crippen LogP contribution in [-0.2, 0) is 19.1 Å². The summed E-state index contributed by atoms with van der Waals surface area (Å²) < 4.78 is 9.53. The highest BCUT2D eigenvalue weighted by atomic mass is 16.5. The number of amides is 5.